The molecular formula is C12H9ClN2. The number of pyridine rings is 1. The highest BCUT2D eigenvalue weighted by Crippen LogP contribution is 2.30. The first-order chi connectivity index (χ1) is 7.27. The van der Waals surface area contributed by atoms with Crippen LogP contribution in [-0.2, 0) is 0 Å². The molecule has 0 spiro atoms. The van der Waals surface area contributed by atoms with Crippen LogP contribution in [0.5, 0.6) is 0 Å². The van der Waals surface area contributed by atoms with E-state index in [2.05, 4.69) is 16.0 Å². The Morgan fingerprint density at radius 2 is 1.93 bits per heavy atom. The maximum Gasteiger partial charge on any atom is 0.0681 e. The molecule has 0 aliphatic carbocycles. The van der Waals surface area contributed by atoms with Gasteiger partial charge >= 0.3 is 0 Å². The first kappa shape index (κ1) is 8.74. The Morgan fingerprint density at radius 1 is 1.13 bits per heavy atom. The molecule has 0 atom stereocenters. The van der Waals surface area contributed by atoms with Crippen molar-refractivity contribution in [3.63, 3.8) is 0 Å². The number of nitrogens with zero attached hydrogens (tertiary/aromatic N) is 1. The SMILES string of the molecule is Cc1nccc2c1[nH]c1c(Cl)cccc12. The lowest BCUT2D eigenvalue weighted by molar-refractivity contribution is 1.22. The number of aryl methyl sites for hydroxylation is 1. The van der Waals surface area contributed by atoms with E-state index in [9.17, 15) is 0 Å². The topological polar surface area (TPSA) is 28.7 Å². The summed E-state index contributed by atoms with van der Waals surface area (Å²) < 4.78 is 0. The van der Waals surface area contributed by atoms with Gasteiger partial charge in [-0.2, -0.15) is 0 Å². The van der Waals surface area contributed by atoms with Crippen molar-refractivity contribution in [1.82, 2.24) is 9.97 Å². The lowest BCUT2D eigenvalue weighted by Gasteiger charge is -1.93. The van der Waals surface area contributed by atoms with Crippen LogP contribution in [0.4, 0.5) is 0 Å². The fourth-order valence-electron chi connectivity index (χ4n) is 1.95. The van der Waals surface area contributed by atoms with Crippen molar-refractivity contribution < 1.29 is 0 Å². The van der Waals surface area contributed by atoms with E-state index in [4.69, 9.17) is 11.6 Å². The molecule has 0 aliphatic heterocycles. The number of hydrogen-bond donors (Lipinski definition) is 1. The summed E-state index contributed by atoms with van der Waals surface area (Å²) in [6.45, 7) is 1.99. The van der Waals surface area contributed by atoms with Gasteiger partial charge in [0.15, 0.2) is 0 Å². The third-order valence-corrected chi connectivity index (χ3v) is 3.01. The number of para-hydroxylation sites is 1. The van der Waals surface area contributed by atoms with Crippen LogP contribution in [0.2, 0.25) is 5.02 Å². The predicted molar refractivity (Wildman–Crippen MR) is 63.3 cm³/mol. The van der Waals surface area contributed by atoms with Gasteiger partial charge < -0.3 is 4.98 Å². The zero-order chi connectivity index (χ0) is 10.4. The molecule has 0 unspecified atom stereocenters. The molecule has 2 heterocycles. The normalized spacial score (nSPS) is 11.3. The quantitative estimate of drug-likeness (QED) is 0.610. The first-order valence-corrected chi connectivity index (χ1v) is 5.16. The summed E-state index contributed by atoms with van der Waals surface area (Å²) in [4.78, 5) is 7.58. The number of nitrogens with one attached hydrogen (secondary N) is 1. The number of rotatable bonds is 0. The van der Waals surface area contributed by atoms with Gasteiger partial charge in [0, 0.05) is 17.0 Å². The molecule has 3 rings (SSSR count). The maximum atomic E-state index is 6.13. The van der Waals surface area contributed by atoms with E-state index in [0.29, 0.717) is 0 Å². The molecule has 74 valence electrons. The molecule has 0 saturated carbocycles. The number of halogens is 1. The Morgan fingerprint density at radius 3 is 2.80 bits per heavy atom. The minimum Gasteiger partial charge on any atom is -0.352 e. The van der Waals surface area contributed by atoms with Crippen LogP contribution in [-0.4, -0.2) is 9.97 Å². The third-order valence-electron chi connectivity index (χ3n) is 2.69. The van der Waals surface area contributed by atoms with Gasteiger partial charge in [-0.25, -0.2) is 0 Å². The summed E-state index contributed by atoms with van der Waals surface area (Å²) in [5, 5.41) is 3.09. The molecule has 2 nitrogen and oxygen atoms in total. The first-order valence-electron chi connectivity index (χ1n) is 4.79. The highest BCUT2D eigenvalue weighted by atomic mass is 35.5. The Balaban J connectivity index is 2.63. The maximum absolute atomic E-state index is 6.13. The second-order valence-electron chi connectivity index (χ2n) is 3.61. The van der Waals surface area contributed by atoms with Crippen molar-refractivity contribution in [2.75, 3.05) is 0 Å². The number of aromatic nitrogens is 2. The summed E-state index contributed by atoms with van der Waals surface area (Å²) in [5.74, 6) is 0. The lowest BCUT2D eigenvalue weighted by Crippen LogP contribution is -1.80. The Hall–Kier alpha value is -1.54. The monoisotopic (exact) mass is 216 g/mol. The van der Waals surface area contributed by atoms with Gasteiger partial charge in [0.05, 0.1) is 21.7 Å². The summed E-state index contributed by atoms with van der Waals surface area (Å²) in [7, 11) is 0. The highest BCUT2D eigenvalue weighted by molar-refractivity contribution is 6.36. The van der Waals surface area contributed by atoms with Crippen molar-refractivity contribution in [2.45, 2.75) is 6.92 Å². The van der Waals surface area contributed by atoms with Crippen LogP contribution < -0.4 is 0 Å². The van der Waals surface area contributed by atoms with E-state index >= 15 is 0 Å². The van der Waals surface area contributed by atoms with Crippen LogP contribution in [0.25, 0.3) is 21.8 Å². The average Bonchev–Trinajstić information content (AvgIpc) is 2.60. The minimum absolute atomic E-state index is 0.753. The third kappa shape index (κ3) is 1.15. The van der Waals surface area contributed by atoms with E-state index in [-0.39, 0.29) is 0 Å². The lowest BCUT2D eigenvalue weighted by atomic mass is 10.2. The van der Waals surface area contributed by atoms with Crippen molar-refractivity contribution >= 4 is 33.4 Å². The second-order valence-corrected chi connectivity index (χ2v) is 4.01. The standard InChI is InChI=1S/C12H9ClN2/c1-7-11-9(5-6-14-7)8-3-2-4-10(13)12(8)15-11/h2-6,15H,1H3. The fraction of sp³-hybridized carbons (Fsp3) is 0.0833. The van der Waals surface area contributed by atoms with Gasteiger partial charge in [-0.05, 0) is 19.1 Å². The minimum atomic E-state index is 0.753. The summed E-state index contributed by atoms with van der Waals surface area (Å²) in [5.41, 5.74) is 3.06. The van der Waals surface area contributed by atoms with Crippen molar-refractivity contribution in [1.29, 1.82) is 0 Å². The molecule has 0 amide bonds. The molecule has 0 radical (unpaired) electrons. The van der Waals surface area contributed by atoms with E-state index in [1.807, 2.05) is 31.3 Å². The molecule has 1 N–H and O–H groups in total. The number of aromatic amines is 1. The van der Waals surface area contributed by atoms with Crippen LogP contribution in [0.1, 0.15) is 5.69 Å². The van der Waals surface area contributed by atoms with E-state index in [1.54, 1.807) is 0 Å². The Kier molecular flexibility index (Phi) is 1.73. The molecule has 1 aromatic carbocycles. The Bertz CT molecular complexity index is 599. The molecular weight excluding hydrogens is 208 g/mol. The largest absolute Gasteiger partial charge is 0.352 e. The van der Waals surface area contributed by atoms with E-state index < -0.39 is 0 Å². The van der Waals surface area contributed by atoms with Gasteiger partial charge in [-0.1, -0.05) is 23.7 Å². The van der Waals surface area contributed by atoms with Crippen molar-refractivity contribution in [3.8, 4) is 0 Å². The highest BCUT2D eigenvalue weighted by Gasteiger charge is 2.07. The van der Waals surface area contributed by atoms with Gasteiger partial charge in [-0.3, -0.25) is 4.98 Å². The van der Waals surface area contributed by atoms with Gasteiger partial charge in [0.25, 0.3) is 0 Å². The Labute approximate surface area is 91.9 Å². The summed E-state index contributed by atoms with van der Waals surface area (Å²) >= 11 is 6.13. The number of benzene rings is 1. The van der Waals surface area contributed by atoms with Crippen LogP contribution in [0.3, 0.4) is 0 Å². The number of hydrogen-bond acceptors (Lipinski definition) is 1. The van der Waals surface area contributed by atoms with Crippen LogP contribution >= 0.6 is 11.6 Å². The molecule has 0 saturated heterocycles. The molecule has 3 heteroatoms. The molecule has 0 bridgehead atoms. The van der Waals surface area contributed by atoms with Gasteiger partial charge in [0.1, 0.15) is 0 Å². The smallest absolute Gasteiger partial charge is 0.0681 e. The molecule has 0 fully saturated rings. The zero-order valence-corrected chi connectivity index (χ0v) is 8.97. The zero-order valence-electron chi connectivity index (χ0n) is 8.21. The van der Waals surface area contributed by atoms with Crippen LogP contribution in [0, 0.1) is 6.92 Å². The number of H-pyrrole nitrogens is 1. The molecule has 3 aromatic rings. The fourth-order valence-corrected chi connectivity index (χ4v) is 2.17. The second kappa shape index (κ2) is 2.97. The number of fused-ring (bicyclic) bond motifs is 3. The van der Waals surface area contributed by atoms with Crippen LogP contribution in [0.15, 0.2) is 30.5 Å². The van der Waals surface area contributed by atoms with E-state index in [0.717, 1.165) is 27.1 Å². The van der Waals surface area contributed by atoms with Gasteiger partial charge in [-0.15, -0.1) is 0 Å². The van der Waals surface area contributed by atoms with Gasteiger partial charge in [0.2, 0.25) is 0 Å². The summed E-state index contributed by atoms with van der Waals surface area (Å²) in [6, 6.07) is 7.94. The van der Waals surface area contributed by atoms with Crippen molar-refractivity contribution in [3.05, 3.63) is 41.2 Å². The molecule has 2 aromatic heterocycles. The van der Waals surface area contributed by atoms with E-state index in [1.165, 1.54) is 5.39 Å². The summed E-state index contributed by atoms with van der Waals surface area (Å²) in [6.07, 6.45) is 1.83. The van der Waals surface area contributed by atoms with Crippen molar-refractivity contribution in [2.24, 2.45) is 0 Å². The average molecular weight is 217 g/mol. The molecule has 0 aliphatic rings. The predicted octanol–water partition coefficient (Wildman–Crippen LogP) is 3.68. The molecule has 15 heavy (non-hydrogen) atoms.